The molecule has 1 fully saturated rings. The summed E-state index contributed by atoms with van der Waals surface area (Å²) < 4.78 is 0. The van der Waals surface area contributed by atoms with E-state index in [9.17, 15) is 4.79 Å². The minimum absolute atomic E-state index is 0.0871. The van der Waals surface area contributed by atoms with Crippen molar-refractivity contribution in [1.82, 2.24) is 4.98 Å². The Morgan fingerprint density at radius 2 is 2.16 bits per heavy atom. The second-order valence-electron chi connectivity index (χ2n) is 5.98. The maximum Gasteiger partial charge on any atom is 0.231 e. The fourth-order valence-electron chi connectivity index (χ4n) is 3.12. The molecule has 1 aromatic heterocycles. The molecule has 1 aliphatic rings. The van der Waals surface area contributed by atoms with Crippen molar-refractivity contribution in [3.8, 4) is 0 Å². The summed E-state index contributed by atoms with van der Waals surface area (Å²) in [5.74, 6) is 1.09. The van der Waals surface area contributed by atoms with Crippen molar-refractivity contribution in [2.24, 2.45) is 11.3 Å². The number of pyridine rings is 1. The van der Waals surface area contributed by atoms with Crippen LogP contribution in [-0.4, -0.2) is 10.9 Å². The van der Waals surface area contributed by atoms with E-state index in [1.807, 2.05) is 0 Å². The van der Waals surface area contributed by atoms with Gasteiger partial charge in [-0.3, -0.25) is 4.79 Å². The van der Waals surface area contributed by atoms with Gasteiger partial charge in [0.15, 0.2) is 5.82 Å². The highest BCUT2D eigenvalue weighted by Crippen LogP contribution is 2.44. The van der Waals surface area contributed by atoms with Crippen molar-refractivity contribution >= 4 is 17.4 Å². The molecule has 0 atom stereocenters. The van der Waals surface area contributed by atoms with Gasteiger partial charge in [-0.25, -0.2) is 4.98 Å². The Morgan fingerprint density at radius 3 is 2.74 bits per heavy atom. The molecule has 1 aromatic rings. The third-order valence-corrected chi connectivity index (χ3v) is 3.91. The Balaban J connectivity index is 2.15. The predicted octanol–water partition coefficient (Wildman–Crippen LogP) is 3.21. The van der Waals surface area contributed by atoms with E-state index < -0.39 is 0 Å². The summed E-state index contributed by atoms with van der Waals surface area (Å²) in [7, 11) is 0. The number of hydrogen-bond acceptors (Lipinski definition) is 3. The van der Waals surface area contributed by atoms with Crippen LogP contribution < -0.4 is 11.1 Å². The van der Waals surface area contributed by atoms with Gasteiger partial charge in [-0.05, 0) is 37.3 Å². The first-order valence-corrected chi connectivity index (χ1v) is 7.05. The summed E-state index contributed by atoms with van der Waals surface area (Å²) in [6, 6.07) is 3.52. The Hall–Kier alpha value is -1.58. The number of amides is 1. The van der Waals surface area contributed by atoms with Gasteiger partial charge in [0.2, 0.25) is 5.91 Å². The van der Waals surface area contributed by atoms with Crippen LogP contribution in [0.4, 0.5) is 11.5 Å². The molecule has 4 nitrogen and oxygen atoms in total. The van der Waals surface area contributed by atoms with Crippen molar-refractivity contribution in [1.29, 1.82) is 0 Å². The van der Waals surface area contributed by atoms with E-state index in [4.69, 9.17) is 5.73 Å². The molecular formula is C15H23N3O. The van der Waals surface area contributed by atoms with E-state index in [-0.39, 0.29) is 11.3 Å². The molecule has 0 bridgehead atoms. The summed E-state index contributed by atoms with van der Waals surface area (Å²) in [6.07, 6.45) is 6.81. The third kappa shape index (κ3) is 3.06. The van der Waals surface area contributed by atoms with Crippen LogP contribution in [0, 0.1) is 11.3 Å². The Morgan fingerprint density at radius 1 is 1.47 bits per heavy atom. The zero-order valence-corrected chi connectivity index (χ0v) is 11.8. The van der Waals surface area contributed by atoms with Crippen LogP contribution in [0.1, 0.15) is 46.0 Å². The zero-order valence-electron chi connectivity index (χ0n) is 11.8. The smallest absolute Gasteiger partial charge is 0.231 e. The molecule has 1 aliphatic carbocycles. The topological polar surface area (TPSA) is 68.0 Å². The number of nitrogen functional groups attached to an aromatic ring is 1. The number of carbonyl (C=O) groups excluding carboxylic acids is 1. The first-order valence-electron chi connectivity index (χ1n) is 7.05. The van der Waals surface area contributed by atoms with Gasteiger partial charge in [0.25, 0.3) is 0 Å². The largest absolute Gasteiger partial charge is 0.396 e. The van der Waals surface area contributed by atoms with Crippen molar-refractivity contribution < 1.29 is 4.79 Å². The number of anilines is 2. The number of hydrogen-bond donors (Lipinski definition) is 2. The summed E-state index contributed by atoms with van der Waals surface area (Å²) >= 11 is 0. The molecule has 4 heteroatoms. The maximum atomic E-state index is 12.6. The van der Waals surface area contributed by atoms with E-state index in [2.05, 4.69) is 24.1 Å². The Labute approximate surface area is 114 Å². The van der Waals surface area contributed by atoms with Crippen molar-refractivity contribution in [3.05, 3.63) is 18.3 Å². The Bertz CT molecular complexity index is 450. The van der Waals surface area contributed by atoms with E-state index in [0.717, 1.165) is 32.1 Å². The van der Waals surface area contributed by atoms with Gasteiger partial charge >= 0.3 is 0 Å². The minimum Gasteiger partial charge on any atom is -0.396 e. The normalized spacial score (nSPS) is 17.6. The molecule has 0 spiro atoms. The van der Waals surface area contributed by atoms with Gasteiger partial charge in [-0.2, -0.15) is 0 Å². The van der Waals surface area contributed by atoms with Crippen LogP contribution in [0.25, 0.3) is 0 Å². The van der Waals surface area contributed by atoms with Crippen LogP contribution >= 0.6 is 0 Å². The molecule has 1 saturated carbocycles. The molecule has 104 valence electrons. The molecule has 1 heterocycles. The minimum atomic E-state index is -0.224. The number of aromatic nitrogens is 1. The summed E-state index contributed by atoms with van der Waals surface area (Å²) in [5.41, 5.74) is 6.13. The van der Waals surface area contributed by atoms with Gasteiger partial charge in [-0.15, -0.1) is 0 Å². The summed E-state index contributed by atoms with van der Waals surface area (Å²) in [6.45, 7) is 4.34. The van der Waals surface area contributed by atoms with Crippen molar-refractivity contribution in [2.45, 2.75) is 46.0 Å². The third-order valence-electron chi connectivity index (χ3n) is 3.91. The van der Waals surface area contributed by atoms with E-state index >= 15 is 0 Å². The van der Waals surface area contributed by atoms with Crippen LogP contribution in [0.2, 0.25) is 0 Å². The van der Waals surface area contributed by atoms with Gasteiger partial charge in [0.05, 0.1) is 5.69 Å². The van der Waals surface area contributed by atoms with Gasteiger partial charge in [0, 0.05) is 11.6 Å². The van der Waals surface area contributed by atoms with Crippen molar-refractivity contribution in [3.63, 3.8) is 0 Å². The molecule has 0 unspecified atom stereocenters. The summed E-state index contributed by atoms with van der Waals surface area (Å²) in [4.78, 5) is 16.8. The lowest BCUT2D eigenvalue weighted by Gasteiger charge is -2.29. The molecule has 0 aliphatic heterocycles. The fourth-order valence-corrected chi connectivity index (χ4v) is 3.12. The lowest BCUT2D eigenvalue weighted by Crippen LogP contribution is -2.35. The van der Waals surface area contributed by atoms with E-state index in [1.54, 1.807) is 18.3 Å². The molecule has 19 heavy (non-hydrogen) atoms. The highest BCUT2D eigenvalue weighted by Gasteiger charge is 2.41. The van der Waals surface area contributed by atoms with Gasteiger partial charge in [-0.1, -0.05) is 26.7 Å². The Kier molecular flexibility index (Phi) is 4.08. The second kappa shape index (κ2) is 5.59. The molecular weight excluding hydrogens is 238 g/mol. The standard InChI is InChI=1S/C15H23N3O/c1-11(2)10-15(7-3-4-8-15)14(19)18-13-12(16)6-5-9-17-13/h5-6,9,11H,3-4,7-8,10,16H2,1-2H3,(H,17,18,19). The lowest BCUT2D eigenvalue weighted by molar-refractivity contribution is -0.126. The second-order valence-corrected chi connectivity index (χ2v) is 5.98. The molecule has 3 N–H and O–H groups in total. The number of nitrogens with zero attached hydrogens (tertiary/aromatic N) is 1. The molecule has 0 aromatic carbocycles. The molecule has 1 amide bonds. The number of rotatable bonds is 4. The SMILES string of the molecule is CC(C)CC1(C(=O)Nc2ncccc2N)CCCC1. The van der Waals surface area contributed by atoms with E-state index in [0.29, 0.717) is 17.4 Å². The van der Waals surface area contributed by atoms with Crippen molar-refractivity contribution in [2.75, 3.05) is 11.1 Å². The van der Waals surface area contributed by atoms with E-state index in [1.165, 1.54) is 0 Å². The quantitative estimate of drug-likeness (QED) is 0.874. The highest BCUT2D eigenvalue weighted by molar-refractivity contribution is 5.96. The first-order chi connectivity index (χ1) is 9.03. The number of nitrogens with two attached hydrogens (primary N) is 1. The molecule has 2 rings (SSSR count). The highest BCUT2D eigenvalue weighted by atomic mass is 16.2. The van der Waals surface area contributed by atoms with Gasteiger partial charge in [0.1, 0.15) is 0 Å². The van der Waals surface area contributed by atoms with Gasteiger partial charge < -0.3 is 11.1 Å². The monoisotopic (exact) mass is 261 g/mol. The summed E-state index contributed by atoms with van der Waals surface area (Å²) in [5, 5.41) is 2.92. The zero-order chi connectivity index (χ0) is 13.9. The average Bonchev–Trinajstić information content (AvgIpc) is 2.81. The number of nitrogens with one attached hydrogen (secondary N) is 1. The lowest BCUT2D eigenvalue weighted by atomic mass is 9.77. The number of carbonyl (C=O) groups is 1. The van der Waals surface area contributed by atoms with Crippen LogP contribution in [0.15, 0.2) is 18.3 Å². The molecule has 0 saturated heterocycles. The predicted molar refractivity (Wildman–Crippen MR) is 77.6 cm³/mol. The van der Waals surface area contributed by atoms with Crippen LogP contribution in [0.3, 0.4) is 0 Å². The molecule has 0 radical (unpaired) electrons. The maximum absolute atomic E-state index is 12.6. The first kappa shape index (κ1) is 13.8. The van der Waals surface area contributed by atoms with Crippen LogP contribution in [-0.2, 0) is 4.79 Å². The average molecular weight is 261 g/mol. The fraction of sp³-hybridized carbons (Fsp3) is 0.600. The van der Waals surface area contributed by atoms with Crippen LogP contribution in [0.5, 0.6) is 0 Å².